The molecule has 26 heavy (non-hydrogen) atoms. The zero-order chi connectivity index (χ0) is 16.2. The number of nitrogens with one attached hydrogen (secondary N) is 1. The number of hydrogen-bond donors (Lipinski definition) is 1. The first kappa shape index (κ1) is 20.1. The Hall–Kier alpha value is -2.21. The van der Waals surface area contributed by atoms with Crippen LogP contribution in [0.3, 0.4) is 0 Å². The number of aromatic amines is 1. The van der Waals surface area contributed by atoms with Gasteiger partial charge in [0.2, 0.25) is 0 Å². The van der Waals surface area contributed by atoms with Crippen molar-refractivity contribution in [3.63, 3.8) is 0 Å². The standard InChI is InChI=1S/C19H15N3OS.2ClH/c1-2-4-14(5-3-1)23-13-19-21-17-7-6-16(12-18(17)22-19)24-15-8-10-20-11-9-15;;/h1-12H,13H2,(H,21,22);2*1H. The molecule has 4 aromatic rings. The lowest BCUT2D eigenvalue weighted by molar-refractivity contribution is 0.297. The van der Waals surface area contributed by atoms with E-state index in [1.54, 1.807) is 24.2 Å². The quantitative estimate of drug-likeness (QED) is 0.473. The second kappa shape index (κ2) is 9.48. The van der Waals surface area contributed by atoms with Gasteiger partial charge >= 0.3 is 0 Å². The Bertz CT molecular complexity index is 949. The molecular weight excluding hydrogens is 389 g/mol. The number of imidazole rings is 1. The summed E-state index contributed by atoms with van der Waals surface area (Å²) < 4.78 is 5.74. The molecule has 7 heteroatoms. The Labute approximate surface area is 168 Å². The fourth-order valence-corrected chi connectivity index (χ4v) is 3.22. The number of fused-ring (bicyclic) bond motifs is 1. The highest BCUT2D eigenvalue weighted by Gasteiger charge is 2.06. The van der Waals surface area contributed by atoms with Crippen LogP contribution in [0, 0.1) is 0 Å². The van der Waals surface area contributed by atoms with Crippen molar-refractivity contribution in [2.45, 2.75) is 16.4 Å². The zero-order valence-electron chi connectivity index (χ0n) is 13.7. The average molecular weight is 406 g/mol. The Kier molecular flexibility index (Phi) is 7.33. The molecule has 0 aliphatic carbocycles. The third-order valence-corrected chi connectivity index (χ3v) is 4.51. The van der Waals surface area contributed by atoms with Gasteiger partial charge in [-0.05, 0) is 42.5 Å². The van der Waals surface area contributed by atoms with E-state index in [9.17, 15) is 0 Å². The van der Waals surface area contributed by atoms with Crippen LogP contribution in [0.1, 0.15) is 5.82 Å². The van der Waals surface area contributed by atoms with Crippen LogP contribution < -0.4 is 4.74 Å². The molecule has 2 aromatic heterocycles. The van der Waals surface area contributed by atoms with Crippen LogP contribution in [0.15, 0.2) is 82.8 Å². The minimum absolute atomic E-state index is 0. The molecule has 0 atom stereocenters. The molecule has 0 radical (unpaired) electrons. The molecule has 2 heterocycles. The molecule has 0 saturated carbocycles. The van der Waals surface area contributed by atoms with Crippen molar-refractivity contribution < 1.29 is 4.74 Å². The van der Waals surface area contributed by atoms with E-state index in [1.165, 1.54) is 0 Å². The third kappa shape index (κ3) is 4.91. The van der Waals surface area contributed by atoms with Crippen molar-refractivity contribution in [1.82, 2.24) is 15.0 Å². The van der Waals surface area contributed by atoms with Gasteiger partial charge in [0.15, 0.2) is 0 Å². The summed E-state index contributed by atoms with van der Waals surface area (Å²) in [6, 6.07) is 20.0. The van der Waals surface area contributed by atoms with Crippen LogP contribution in [0.4, 0.5) is 0 Å². The summed E-state index contributed by atoms with van der Waals surface area (Å²) in [6.45, 7) is 0.422. The lowest BCUT2D eigenvalue weighted by atomic mass is 10.3. The first-order chi connectivity index (χ1) is 11.9. The lowest BCUT2D eigenvalue weighted by Gasteiger charge is -2.02. The number of H-pyrrole nitrogens is 1. The topological polar surface area (TPSA) is 50.8 Å². The van der Waals surface area contributed by atoms with Crippen molar-refractivity contribution >= 4 is 47.6 Å². The predicted molar refractivity (Wildman–Crippen MR) is 110 cm³/mol. The minimum Gasteiger partial charge on any atom is -0.486 e. The SMILES string of the molecule is Cl.Cl.c1ccc(OCc2nc3cc(Sc4ccncc4)ccc3[nH]2)cc1. The van der Waals surface area contributed by atoms with Crippen molar-refractivity contribution in [2.75, 3.05) is 0 Å². The fraction of sp³-hybridized carbons (Fsp3) is 0.0526. The van der Waals surface area contributed by atoms with Crippen molar-refractivity contribution in [1.29, 1.82) is 0 Å². The van der Waals surface area contributed by atoms with E-state index in [2.05, 4.69) is 33.2 Å². The number of pyridine rings is 1. The largest absolute Gasteiger partial charge is 0.486 e. The van der Waals surface area contributed by atoms with Crippen molar-refractivity contribution in [3.05, 3.63) is 78.9 Å². The van der Waals surface area contributed by atoms with E-state index in [4.69, 9.17) is 4.74 Å². The number of aromatic nitrogens is 3. The van der Waals surface area contributed by atoms with Gasteiger partial charge in [0.05, 0.1) is 11.0 Å². The number of ether oxygens (including phenoxy) is 1. The second-order valence-corrected chi connectivity index (χ2v) is 6.40. The summed E-state index contributed by atoms with van der Waals surface area (Å²) in [5.41, 5.74) is 1.96. The molecular formula is C19H17Cl2N3OS. The predicted octanol–water partition coefficient (Wildman–Crippen LogP) is 5.53. The Morgan fingerprint density at radius 1 is 0.885 bits per heavy atom. The molecule has 1 N–H and O–H groups in total. The molecule has 0 fully saturated rings. The van der Waals surface area contributed by atoms with E-state index in [-0.39, 0.29) is 24.8 Å². The number of nitrogens with zero attached hydrogens (tertiary/aromatic N) is 2. The Morgan fingerprint density at radius 2 is 1.65 bits per heavy atom. The maximum Gasteiger partial charge on any atom is 0.146 e. The minimum atomic E-state index is 0. The van der Waals surface area contributed by atoms with Crippen LogP contribution in [-0.2, 0) is 6.61 Å². The molecule has 4 rings (SSSR count). The van der Waals surface area contributed by atoms with Gasteiger partial charge in [0.25, 0.3) is 0 Å². The molecule has 0 saturated heterocycles. The van der Waals surface area contributed by atoms with Gasteiger partial charge in [0.1, 0.15) is 18.2 Å². The maximum absolute atomic E-state index is 5.74. The van der Waals surface area contributed by atoms with Gasteiger partial charge in [-0.15, -0.1) is 24.8 Å². The number of halogens is 2. The van der Waals surface area contributed by atoms with Gasteiger partial charge in [-0.3, -0.25) is 4.98 Å². The van der Waals surface area contributed by atoms with Crippen LogP contribution in [0.5, 0.6) is 5.75 Å². The molecule has 0 aliphatic rings. The fourth-order valence-electron chi connectivity index (χ4n) is 2.38. The van der Waals surface area contributed by atoms with Crippen LogP contribution in [0.2, 0.25) is 0 Å². The molecule has 134 valence electrons. The lowest BCUT2D eigenvalue weighted by Crippen LogP contribution is -1.96. The molecule has 0 amide bonds. The molecule has 2 aromatic carbocycles. The zero-order valence-corrected chi connectivity index (χ0v) is 16.1. The summed E-state index contributed by atoms with van der Waals surface area (Å²) >= 11 is 1.70. The summed E-state index contributed by atoms with van der Waals surface area (Å²) in [6.07, 6.45) is 3.60. The van der Waals surface area contributed by atoms with Gasteiger partial charge < -0.3 is 9.72 Å². The molecule has 0 spiro atoms. The Morgan fingerprint density at radius 3 is 2.42 bits per heavy atom. The molecule has 0 bridgehead atoms. The summed E-state index contributed by atoms with van der Waals surface area (Å²) in [4.78, 5) is 14.3. The number of benzene rings is 2. The van der Waals surface area contributed by atoms with Gasteiger partial charge in [-0.2, -0.15) is 0 Å². The number of hydrogen-bond acceptors (Lipinski definition) is 4. The highest BCUT2D eigenvalue weighted by molar-refractivity contribution is 7.99. The second-order valence-electron chi connectivity index (χ2n) is 5.25. The van der Waals surface area contributed by atoms with Crippen LogP contribution in [0.25, 0.3) is 11.0 Å². The Balaban J connectivity index is 0.00000121. The van der Waals surface area contributed by atoms with Gasteiger partial charge in [-0.1, -0.05) is 30.0 Å². The van der Waals surface area contributed by atoms with Gasteiger partial charge in [0, 0.05) is 22.2 Å². The third-order valence-electron chi connectivity index (χ3n) is 3.51. The monoisotopic (exact) mass is 405 g/mol. The highest BCUT2D eigenvalue weighted by atomic mass is 35.5. The van der Waals surface area contributed by atoms with Crippen molar-refractivity contribution in [2.24, 2.45) is 0 Å². The normalized spacial score (nSPS) is 10.0. The number of rotatable bonds is 5. The van der Waals surface area contributed by atoms with E-state index in [1.807, 2.05) is 42.5 Å². The molecule has 0 unspecified atom stereocenters. The molecule has 4 nitrogen and oxygen atoms in total. The van der Waals surface area contributed by atoms with E-state index >= 15 is 0 Å². The van der Waals surface area contributed by atoms with E-state index in [0.29, 0.717) is 6.61 Å². The van der Waals surface area contributed by atoms with Crippen LogP contribution >= 0.6 is 36.6 Å². The smallest absolute Gasteiger partial charge is 0.146 e. The maximum atomic E-state index is 5.74. The van der Waals surface area contributed by atoms with Crippen LogP contribution in [-0.4, -0.2) is 15.0 Å². The first-order valence-corrected chi connectivity index (χ1v) is 8.43. The summed E-state index contributed by atoms with van der Waals surface area (Å²) in [5.74, 6) is 1.66. The van der Waals surface area contributed by atoms with Gasteiger partial charge in [-0.25, -0.2) is 4.98 Å². The average Bonchev–Trinajstić information content (AvgIpc) is 3.04. The molecule has 0 aliphatic heterocycles. The highest BCUT2D eigenvalue weighted by Crippen LogP contribution is 2.29. The summed E-state index contributed by atoms with van der Waals surface area (Å²) in [5, 5.41) is 0. The van der Waals surface area contributed by atoms with E-state index in [0.717, 1.165) is 32.4 Å². The van der Waals surface area contributed by atoms with E-state index < -0.39 is 0 Å². The number of para-hydroxylation sites is 1. The summed E-state index contributed by atoms with van der Waals surface area (Å²) in [7, 11) is 0. The van der Waals surface area contributed by atoms with Crippen molar-refractivity contribution in [3.8, 4) is 5.75 Å². The first-order valence-electron chi connectivity index (χ1n) is 7.61.